The summed E-state index contributed by atoms with van der Waals surface area (Å²) in [5.41, 5.74) is 0.255. The number of rotatable bonds is 6. The van der Waals surface area contributed by atoms with Crippen LogP contribution in [0.2, 0.25) is 0 Å². The van der Waals surface area contributed by atoms with Gasteiger partial charge in [0, 0.05) is 12.1 Å². The number of sulfone groups is 1. The Balaban J connectivity index is 1.93. The SMILES string of the molecule is O=C(C[C@@H]1CCS(=O)(=O)C1)Nc1ccc(S(=O)(=O)NCC(F)(F)F)cc1. The number of carbonyl (C=O) groups excluding carboxylic acids is 1. The molecule has 0 radical (unpaired) electrons. The molecule has 1 aliphatic heterocycles. The zero-order valence-electron chi connectivity index (χ0n) is 13.4. The quantitative estimate of drug-likeness (QED) is 0.729. The number of sulfonamides is 1. The van der Waals surface area contributed by atoms with Crippen LogP contribution in [-0.2, 0) is 24.7 Å². The number of nitrogens with one attached hydrogen (secondary N) is 2. The predicted octanol–water partition coefficient (Wildman–Crippen LogP) is 1.29. The summed E-state index contributed by atoms with van der Waals surface area (Å²) in [6, 6.07) is 4.61. The van der Waals surface area contributed by atoms with Crippen LogP contribution in [0.5, 0.6) is 0 Å². The third-order valence-electron chi connectivity index (χ3n) is 3.71. The van der Waals surface area contributed by atoms with Crippen LogP contribution in [-0.4, -0.2) is 47.0 Å². The van der Waals surface area contributed by atoms with E-state index in [4.69, 9.17) is 0 Å². The summed E-state index contributed by atoms with van der Waals surface area (Å²) in [6.45, 7) is -1.68. The van der Waals surface area contributed by atoms with Crippen LogP contribution >= 0.6 is 0 Å². The smallest absolute Gasteiger partial charge is 0.326 e. The van der Waals surface area contributed by atoms with Crippen LogP contribution < -0.4 is 10.0 Å². The van der Waals surface area contributed by atoms with E-state index < -0.39 is 38.5 Å². The van der Waals surface area contributed by atoms with Crippen molar-refractivity contribution >= 4 is 31.5 Å². The average Bonchev–Trinajstić information content (AvgIpc) is 2.84. The van der Waals surface area contributed by atoms with Crippen LogP contribution in [0.3, 0.4) is 0 Å². The minimum absolute atomic E-state index is 0.0203. The average molecular weight is 414 g/mol. The van der Waals surface area contributed by atoms with Gasteiger partial charge in [-0.1, -0.05) is 0 Å². The van der Waals surface area contributed by atoms with Crippen LogP contribution in [0, 0.1) is 5.92 Å². The van der Waals surface area contributed by atoms with Crippen molar-refractivity contribution in [1.82, 2.24) is 4.72 Å². The maximum absolute atomic E-state index is 12.1. The van der Waals surface area contributed by atoms with Gasteiger partial charge in [-0.3, -0.25) is 4.79 Å². The third kappa shape index (κ3) is 6.25. The maximum Gasteiger partial charge on any atom is 0.402 e. The summed E-state index contributed by atoms with van der Waals surface area (Å²) in [5, 5.41) is 2.50. The molecule has 0 unspecified atom stereocenters. The highest BCUT2D eigenvalue weighted by molar-refractivity contribution is 7.91. The highest BCUT2D eigenvalue weighted by Crippen LogP contribution is 2.22. The number of benzene rings is 1. The Hall–Kier alpha value is -1.66. The van der Waals surface area contributed by atoms with Crippen molar-refractivity contribution in [2.24, 2.45) is 5.92 Å². The number of anilines is 1. The first kappa shape index (κ1) is 20.6. The Kier molecular flexibility index (Phi) is 5.98. The van der Waals surface area contributed by atoms with E-state index in [1.807, 2.05) is 0 Å². The molecule has 0 aliphatic carbocycles. The Bertz CT molecular complexity index is 865. The van der Waals surface area contributed by atoms with Crippen molar-refractivity contribution in [2.45, 2.75) is 23.9 Å². The van der Waals surface area contributed by atoms with E-state index in [-0.39, 0.29) is 34.4 Å². The molecule has 0 saturated carbocycles. The van der Waals surface area contributed by atoms with Gasteiger partial charge in [-0.05, 0) is 36.6 Å². The second kappa shape index (κ2) is 7.53. The van der Waals surface area contributed by atoms with Gasteiger partial charge < -0.3 is 5.32 Å². The van der Waals surface area contributed by atoms with Gasteiger partial charge in [-0.15, -0.1) is 0 Å². The Morgan fingerprint density at radius 3 is 2.31 bits per heavy atom. The van der Waals surface area contributed by atoms with Crippen molar-refractivity contribution in [3.05, 3.63) is 24.3 Å². The second-order valence-electron chi connectivity index (χ2n) is 5.99. The molecule has 2 N–H and O–H groups in total. The molecule has 1 atom stereocenters. The molecular formula is C14H17F3N2O5S2. The van der Waals surface area contributed by atoms with Crippen LogP contribution in [0.25, 0.3) is 0 Å². The summed E-state index contributed by atoms with van der Waals surface area (Å²) in [7, 11) is -7.41. The largest absolute Gasteiger partial charge is 0.402 e. The first-order chi connectivity index (χ1) is 11.9. The third-order valence-corrected chi connectivity index (χ3v) is 6.97. The highest BCUT2D eigenvalue weighted by Gasteiger charge is 2.30. The van der Waals surface area contributed by atoms with Crippen LogP contribution in [0.1, 0.15) is 12.8 Å². The number of carbonyl (C=O) groups is 1. The first-order valence-electron chi connectivity index (χ1n) is 7.53. The van der Waals surface area contributed by atoms with Gasteiger partial charge in [0.05, 0.1) is 16.4 Å². The molecule has 1 fully saturated rings. The molecule has 0 spiro atoms. The molecule has 1 amide bonds. The summed E-state index contributed by atoms with van der Waals surface area (Å²) in [5.74, 6) is -0.658. The summed E-state index contributed by atoms with van der Waals surface area (Å²) in [4.78, 5) is 11.5. The van der Waals surface area contributed by atoms with E-state index in [1.165, 1.54) is 16.9 Å². The van der Waals surface area contributed by atoms with Gasteiger partial charge in [-0.2, -0.15) is 13.2 Å². The molecule has 1 aromatic rings. The maximum atomic E-state index is 12.1. The molecule has 1 heterocycles. The summed E-state index contributed by atoms with van der Waals surface area (Å²) in [6.07, 6.45) is -4.24. The molecular weight excluding hydrogens is 397 g/mol. The lowest BCUT2D eigenvalue weighted by Gasteiger charge is -2.11. The molecule has 0 aromatic heterocycles. The van der Waals surface area contributed by atoms with Crippen molar-refractivity contribution in [2.75, 3.05) is 23.4 Å². The fourth-order valence-corrected chi connectivity index (χ4v) is 5.36. The zero-order chi connectivity index (χ0) is 19.6. The number of alkyl halides is 3. The fraction of sp³-hybridized carbons (Fsp3) is 0.500. The van der Waals surface area contributed by atoms with Crippen LogP contribution in [0.4, 0.5) is 18.9 Å². The Labute approximate surface area is 148 Å². The van der Waals surface area contributed by atoms with Gasteiger partial charge in [0.2, 0.25) is 15.9 Å². The molecule has 1 aliphatic rings. The molecule has 2 rings (SSSR count). The Morgan fingerprint density at radius 1 is 1.19 bits per heavy atom. The lowest BCUT2D eigenvalue weighted by molar-refractivity contribution is -0.121. The lowest BCUT2D eigenvalue weighted by Crippen LogP contribution is -2.33. The monoisotopic (exact) mass is 414 g/mol. The van der Waals surface area contributed by atoms with Crippen LogP contribution in [0.15, 0.2) is 29.2 Å². The first-order valence-corrected chi connectivity index (χ1v) is 10.8. The normalized spacial score (nSPS) is 20.0. The van der Waals surface area contributed by atoms with Gasteiger partial charge in [0.25, 0.3) is 0 Å². The topological polar surface area (TPSA) is 109 Å². The van der Waals surface area contributed by atoms with Crippen molar-refractivity contribution in [3.63, 3.8) is 0 Å². The minimum atomic E-state index is -4.67. The fourth-order valence-electron chi connectivity index (χ4n) is 2.48. The molecule has 7 nitrogen and oxygen atoms in total. The molecule has 12 heteroatoms. The molecule has 1 saturated heterocycles. The van der Waals surface area contributed by atoms with E-state index in [2.05, 4.69) is 5.32 Å². The van der Waals surface area contributed by atoms with E-state index in [1.54, 1.807) is 0 Å². The molecule has 146 valence electrons. The molecule has 26 heavy (non-hydrogen) atoms. The summed E-state index contributed by atoms with van der Waals surface area (Å²) < 4.78 is 84.0. The second-order valence-corrected chi connectivity index (χ2v) is 9.98. The predicted molar refractivity (Wildman–Crippen MR) is 87.7 cm³/mol. The van der Waals surface area contributed by atoms with Gasteiger partial charge in [0.15, 0.2) is 9.84 Å². The number of halogens is 3. The molecule has 0 bridgehead atoms. The lowest BCUT2D eigenvalue weighted by atomic mass is 10.1. The number of hydrogen-bond donors (Lipinski definition) is 2. The van der Waals surface area contributed by atoms with Crippen molar-refractivity contribution in [3.8, 4) is 0 Å². The van der Waals surface area contributed by atoms with E-state index >= 15 is 0 Å². The minimum Gasteiger partial charge on any atom is -0.326 e. The Morgan fingerprint density at radius 2 is 1.81 bits per heavy atom. The van der Waals surface area contributed by atoms with E-state index in [9.17, 15) is 34.8 Å². The van der Waals surface area contributed by atoms with Crippen molar-refractivity contribution in [1.29, 1.82) is 0 Å². The molecule has 1 aromatic carbocycles. The van der Waals surface area contributed by atoms with Gasteiger partial charge in [-0.25, -0.2) is 21.6 Å². The number of amides is 1. The standard InChI is InChI=1S/C14H17F3N2O5S2/c15-14(16,17)9-18-26(23,24)12-3-1-11(2-4-12)19-13(20)7-10-5-6-25(21,22)8-10/h1-4,10,18H,5-9H2,(H,19,20)/t10-/m0/s1. The summed E-state index contributed by atoms with van der Waals surface area (Å²) >= 11 is 0. The zero-order valence-corrected chi connectivity index (χ0v) is 15.0. The highest BCUT2D eigenvalue weighted by atomic mass is 32.2. The van der Waals surface area contributed by atoms with E-state index in [0.717, 1.165) is 12.1 Å². The van der Waals surface area contributed by atoms with E-state index in [0.29, 0.717) is 6.42 Å². The van der Waals surface area contributed by atoms with Gasteiger partial charge in [0.1, 0.15) is 6.54 Å². The van der Waals surface area contributed by atoms with Gasteiger partial charge >= 0.3 is 6.18 Å². The van der Waals surface area contributed by atoms with Crippen molar-refractivity contribution < 1.29 is 34.8 Å². The number of hydrogen-bond acceptors (Lipinski definition) is 5.